The van der Waals surface area contributed by atoms with E-state index in [2.05, 4.69) is 38.6 Å². The zero-order chi connectivity index (χ0) is 11.3. The van der Waals surface area contributed by atoms with E-state index in [1.54, 1.807) is 7.11 Å². The van der Waals surface area contributed by atoms with Crippen LogP contribution in [0.5, 0.6) is 5.75 Å². The predicted molar refractivity (Wildman–Crippen MR) is 65.6 cm³/mol. The van der Waals surface area contributed by atoms with Crippen LogP contribution in [0.2, 0.25) is 0 Å². The lowest BCUT2D eigenvalue weighted by Crippen LogP contribution is -1.97. The first kappa shape index (κ1) is 11.8. The van der Waals surface area contributed by atoms with Crippen molar-refractivity contribution in [3.05, 3.63) is 42.0 Å². The van der Waals surface area contributed by atoms with Crippen LogP contribution in [-0.2, 0) is 6.42 Å². The van der Waals surface area contributed by atoms with Gasteiger partial charge in [-0.05, 0) is 36.0 Å². The molecule has 1 aromatic carbocycles. The number of hydrogen-bond donors (Lipinski definition) is 0. The summed E-state index contributed by atoms with van der Waals surface area (Å²) in [7, 11) is 1.74. The molecule has 0 aliphatic carbocycles. The molecule has 0 aromatic heterocycles. The molecule has 1 atom stereocenters. The zero-order valence-electron chi connectivity index (χ0n) is 9.92. The third-order valence-electron chi connectivity index (χ3n) is 2.82. The van der Waals surface area contributed by atoms with Gasteiger partial charge in [-0.15, -0.1) is 6.58 Å². The molecule has 0 spiro atoms. The maximum absolute atomic E-state index is 5.42. The summed E-state index contributed by atoms with van der Waals surface area (Å²) in [6.45, 7) is 8.17. The summed E-state index contributed by atoms with van der Waals surface area (Å²) < 4.78 is 5.42. The summed E-state index contributed by atoms with van der Waals surface area (Å²) in [5.74, 6) is 1.56. The van der Waals surface area contributed by atoms with Crippen molar-refractivity contribution in [2.45, 2.75) is 32.6 Å². The van der Waals surface area contributed by atoms with Crippen LogP contribution in [0.3, 0.4) is 0 Å². The monoisotopic (exact) mass is 204 g/mol. The molecule has 0 heterocycles. The highest BCUT2D eigenvalue weighted by Gasteiger charge is 2.09. The maximum Gasteiger partial charge on any atom is 0.122 e. The molecule has 0 aliphatic heterocycles. The van der Waals surface area contributed by atoms with Crippen LogP contribution in [0.4, 0.5) is 0 Å². The van der Waals surface area contributed by atoms with Gasteiger partial charge >= 0.3 is 0 Å². The number of rotatable bonds is 5. The average Bonchev–Trinajstić information content (AvgIpc) is 2.28. The lowest BCUT2D eigenvalue weighted by Gasteiger charge is -2.14. The first-order valence-corrected chi connectivity index (χ1v) is 5.50. The zero-order valence-corrected chi connectivity index (χ0v) is 9.92. The van der Waals surface area contributed by atoms with Crippen LogP contribution < -0.4 is 4.74 Å². The van der Waals surface area contributed by atoms with E-state index in [9.17, 15) is 0 Å². The maximum atomic E-state index is 5.42. The Hall–Kier alpha value is -1.24. The molecule has 1 heteroatoms. The van der Waals surface area contributed by atoms with Crippen LogP contribution in [0.25, 0.3) is 0 Å². The van der Waals surface area contributed by atoms with E-state index in [4.69, 9.17) is 4.74 Å². The highest BCUT2D eigenvalue weighted by atomic mass is 16.5. The second-order valence-electron chi connectivity index (χ2n) is 3.88. The van der Waals surface area contributed by atoms with Gasteiger partial charge in [-0.3, -0.25) is 0 Å². The molecule has 1 unspecified atom stereocenters. The summed E-state index contributed by atoms with van der Waals surface area (Å²) >= 11 is 0. The van der Waals surface area contributed by atoms with E-state index in [1.165, 1.54) is 11.1 Å². The van der Waals surface area contributed by atoms with Crippen molar-refractivity contribution in [2.24, 2.45) is 0 Å². The fraction of sp³-hybridized carbons (Fsp3) is 0.429. The van der Waals surface area contributed by atoms with Crippen molar-refractivity contribution in [2.75, 3.05) is 7.11 Å². The number of benzene rings is 1. The van der Waals surface area contributed by atoms with Gasteiger partial charge in [0.05, 0.1) is 7.11 Å². The van der Waals surface area contributed by atoms with E-state index in [1.807, 2.05) is 6.08 Å². The number of ether oxygens (including phenoxy) is 1. The minimum absolute atomic E-state index is 0.553. The lowest BCUT2D eigenvalue weighted by molar-refractivity contribution is 0.405. The van der Waals surface area contributed by atoms with Gasteiger partial charge in [0.15, 0.2) is 0 Å². The van der Waals surface area contributed by atoms with E-state index in [0.717, 1.165) is 18.6 Å². The molecule has 15 heavy (non-hydrogen) atoms. The van der Waals surface area contributed by atoms with Crippen LogP contribution >= 0.6 is 0 Å². The number of methoxy groups -OCH3 is 1. The van der Waals surface area contributed by atoms with Crippen LogP contribution in [0.1, 0.15) is 37.3 Å². The van der Waals surface area contributed by atoms with Crippen LogP contribution in [0.15, 0.2) is 30.9 Å². The lowest BCUT2D eigenvalue weighted by atomic mass is 9.96. The highest BCUT2D eigenvalue weighted by Crippen LogP contribution is 2.29. The Morgan fingerprint density at radius 3 is 2.73 bits per heavy atom. The summed E-state index contributed by atoms with van der Waals surface area (Å²) in [6.07, 6.45) is 3.95. The standard InChI is InChI=1S/C14H20O/c1-5-7-12-8-9-13(11(3)6-2)14(10-12)15-4/h5,8-11H,1,6-7H2,2-4H3. The average molecular weight is 204 g/mol. The molecule has 0 aliphatic rings. The van der Waals surface area contributed by atoms with Gasteiger partial charge in [-0.25, -0.2) is 0 Å². The van der Waals surface area contributed by atoms with Gasteiger partial charge in [0, 0.05) is 0 Å². The summed E-state index contributed by atoms with van der Waals surface area (Å²) in [5, 5.41) is 0. The Kier molecular flexibility index (Phi) is 4.41. The summed E-state index contributed by atoms with van der Waals surface area (Å²) in [4.78, 5) is 0. The van der Waals surface area contributed by atoms with E-state index >= 15 is 0 Å². The minimum Gasteiger partial charge on any atom is -0.496 e. The second kappa shape index (κ2) is 5.59. The SMILES string of the molecule is C=CCc1ccc(C(C)CC)c(OC)c1. The molecule has 0 fully saturated rings. The van der Waals surface area contributed by atoms with Crippen molar-refractivity contribution in [3.63, 3.8) is 0 Å². The van der Waals surface area contributed by atoms with Gasteiger partial charge in [-0.1, -0.05) is 32.1 Å². The molecule has 0 saturated carbocycles. The van der Waals surface area contributed by atoms with Crippen molar-refractivity contribution in [3.8, 4) is 5.75 Å². The molecule has 1 aromatic rings. The van der Waals surface area contributed by atoms with Crippen molar-refractivity contribution in [1.29, 1.82) is 0 Å². The van der Waals surface area contributed by atoms with Crippen molar-refractivity contribution < 1.29 is 4.74 Å². The van der Waals surface area contributed by atoms with Gasteiger partial charge in [-0.2, -0.15) is 0 Å². The van der Waals surface area contributed by atoms with Gasteiger partial charge in [0.1, 0.15) is 5.75 Å². The Balaban J connectivity index is 3.02. The van der Waals surface area contributed by atoms with Gasteiger partial charge in [0.25, 0.3) is 0 Å². The fourth-order valence-corrected chi connectivity index (χ4v) is 1.68. The smallest absolute Gasteiger partial charge is 0.122 e. The Labute approximate surface area is 92.8 Å². The molecular formula is C14H20O. The first-order valence-electron chi connectivity index (χ1n) is 5.50. The fourth-order valence-electron chi connectivity index (χ4n) is 1.68. The third kappa shape index (κ3) is 2.85. The summed E-state index contributed by atoms with van der Waals surface area (Å²) in [6, 6.07) is 6.45. The molecule has 1 rings (SSSR count). The van der Waals surface area contributed by atoms with E-state index in [-0.39, 0.29) is 0 Å². The highest BCUT2D eigenvalue weighted by molar-refractivity contribution is 5.40. The van der Waals surface area contributed by atoms with Gasteiger partial charge in [0.2, 0.25) is 0 Å². The molecule has 0 amide bonds. The largest absolute Gasteiger partial charge is 0.496 e. The normalized spacial score (nSPS) is 12.2. The quantitative estimate of drug-likeness (QED) is 0.660. The second-order valence-corrected chi connectivity index (χ2v) is 3.88. The van der Waals surface area contributed by atoms with E-state index in [0.29, 0.717) is 5.92 Å². The van der Waals surface area contributed by atoms with Crippen LogP contribution in [0, 0.1) is 0 Å². The Morgan fingerprint density at radius 1 is 1.47 bits per heavy atom. The molecule has 0 bridgehead atoms. The Morgan fingerprint density at radius 2 is 2.20 bits per heavy atom. The molecule has 1 nitrogen and oxygen atoms in total. The predicted octanol–water partition coefficient (Wildman–Crippen LogP) is 3.94. The molecule has 82 valence electrons. The summed E-state index contributed by atoms with van der Waals surface area (Å²) in [5.41, 5.74) is 2.56. The third-order valence-corrected chi connectivity index (χ3v) is 2.82. The molecule has 0 N–H and O–H groups in total. The molecule has 0 radical (unpaired) electrons. The minimum atomic E-state index is 0.553. The molecular weight excluding hydrogens is 184 g/mol. The number of allylic oxidation sites excluding steroid dienone is 1. The topological polar surface area (TPSA) is 9.23 Å². The van der Waals surface area contributed by atoms with Crippen molar-refractivity contribution in [1.82, 2.24) is 0 Å². The first-order chi connectivity index (χ1) is 7.22. The Bertz CT molecular complexity index is 328. The van der Waals surface area contributed by atoms with E-state index < -0.39 is 0 Å². The van der Waals surface area contributed by atoms with Crippen molar-refractivity contribution >= 4 is 0 Å². The van der Waals surface area contributed by atoms with Crippen LogP contribution in [-0.4, -0.2) is 7.11 Å². The molecule has 0 saturated heterocycles. The van der Waals surface area contributed by atoms with Gasteiger partial charge < -0.3 is 4.74 Å². The number of hydrogen-bond acceptors (Lipinski definition) is 1.